The molecule has 0 amide bonds. The summed E-state index contributed by atoms with van der Waals surface area (Å²) in [5.74, 6) is -0.203. The number of hydrogen-bond donors (Lipinski definition) is 0. The van der Waals surface area contributed by atoms with E-state index >= 15 is 0 Å². The molecule has 0 unspecified atom stereocenters. The van der Waals surface area contributed by atoms with E-state index in [1.54, 1.807) is 13.0 Å². The summed E-state index contributed by atoms with van der Waals surface area (Å²) in [6.07, 6.45) is 3.08. The molecule has 0 saturated carbocycles. The Morgan fingerprint density at radius 1 is 1.40 bits per heavy atom. The quantitative estimate of drug-likeness (QED) is 0.414. The van der Waals surface area contributed by atoms with Gasteiger partial charge in [-0.1, -0.05) is 6.08 Å². The molecule has 58 valence electrons. The number of esters is 1. The van der Waals surface area contributed by atoms with E-state index in [0.717, 1.165) is 0 Å². The van der Waals surface area contributed by atoms with Crippen LogP contribution in [0, 0.1) is 5.41 Å². The van der Waals surface area contributed by atoms with Gasteiger partial charge in [-0.25, -0.2) is 0 Å². The van der Waals surface area contributed by atoms with Crippen molar-refractivity contribution >= 4 is 5.97 Å². The van der Waals surface area contributed by atoms with Gasteiger partial charge < -0.3 is 4.74 Å². The van der Waals surface area contributed by atoms with Crippen LogP contribution in [0.1, 0.15) is 27.7 Å². The lowest BCUT2D eigenvalue weighted by molar-refractivity contribution is -0.146. The molecule has 0 saturated heterocycles. The van der Waals surface area contributed by atoms with Crippen LogP contribution in [0.5, 0.6) is 0 Å². The normalized spacial score (nSPS) is 12.0. The molecule has 0 fully saturated rings. The van der Waals surface area contributed by atoms with Crippen LogP contribution in [-0.2, 0) is 9.53 Å². The zero-order valence-corrected chi connectivity index (χ0v) is 6.97. The fraction of sp³-hybridized carbons (Fsp3) is 0.625. The highest BCUT2D eigenvalue weighted by Crippen LogP contribution is 2.14. The van der Waals surface area contributed by atoms with E-state index in [4.69, 9.17) is 4.74 Å². The molecule has 0 aliphatic rings. The second-order valence-corrected chi connectivity index (χ2v) is 3.12. The molecule has 0 N–H and O–H groups in total. The highest BCUT2D eigenvalue weighted by molar-refractivity contribution is 5.75. The molecule has 0 aromatic carbocycles. The van der Waals surface area contributed by atoms with Crippen LogP contribution in [0.15, 0.2) is 12.3 Å². The molecule has 0 heterocycles. The van der Waals surface area contributed by atoms with Crippen LogP contribution in [0.3, 0.4) is 0 Å². The van der Waals surface area contributed by atoms with Crippen LogP contribution < -0.4 is 0 Å². The van der Waals surface area contributed by atoms with Gasteiger partial charge in [-0.2, -0.15) is 0 Å². The van der Waals surface area contributed by atoms with Gasteiger partial charge in [0.15, 0.2) is 0 Å². The van der Waals surface area contributed by atoms with Crippen LogP contribution in [0.4, 0.5) is 0 Å². The summed E-state index contributed by atoms with van der Waals surface area (Å²) in [6, 6.07) is 0. The standard InChI is InChI=1S/C8H14O2/c1-5-6-10-7(9)8(2,3)4/h5-6H,1-4H3/b6-5-. The van der Waals surface area contributed by atoms with Gasteiger partial charge in [0.05, 0.1) is 11.7 Å². The average molecular weight is 142 g/mol. The minimum atomic E-state index is -0.403. The first kappa shape index (κ1) is 9.21. The molecule has 0 aliphatic heterocycles. The number of ether oxygens (including phenoxy) is 1. The second-order valence-electron chi connectivity index (χ2n) is 3.12. The summed E-state index contributed by atoms with van der Waals surface area (Å²) in [6.45, 7) is 7.26. The first-order valence-corrected chi connectivity index (χ1v) is 3.30. The highest BCUT2D eigenvalue weighted by Gasteiger charge is 2.21. The second kappa shape index (κ2) is 3.40. The van der Waals surface area contributed by atoms with Crippen molar-refractivity contribution in [1.82, 2.24) is 0 Å². The third-order valence-electron chi connectivity index (χ3n) is 0.924. The van der Waals surface area contributed by atoms with Gasteiger partial charge in [0.25, 0.3) is 0 Å². The van der Waals surface area contributed by atoms with Crippen molar-refractivity contribution in [2.24, 2.45) is 5.41 Å². The molecular weight excluding hydrogens is 128 g/mol. The zero-order chi connectivity index (χ0) is 8.20. The van der Waals surface area contributed by atoms with Gasteiger partial charge in [0.2, 0.25) is 0 Å². The predicted octanol–water partition coefficient (Wildman–Crippen LogP) is 2.11. The summed E-state index contributed by atoms with van der Waals surface area (Å²) in [4.78, 5) is 11.0. The van der Waals surface area contributed by atoms with Crippen molar-refractivity contribution in [3.05, 3.63) is 12.3 Å². The van der Waals surface area contributed by atoms with E-state index in [1.165, 1.54) is 6.26 Å². The maximum absolute atomic E-state index is 11.0. The maximum atomic E-state index is 11.0. The summed E-state index contributed by atoms with van der Waals surface area (Å²) in [5, 5.41) is 0. The number of rotatable bonds is 1. The van der Waals surface area contributed by atoms with E-state index < -0.39 is 5.41 Å². The third kappa shape index (κ3) is 3.28. The van der Waals surface area contributed by atoms with Crippen molar-refractivity contribution in [2.75, 3.05) is 0 Å². The molecule has 10 heavy (non-hydrogen) atoms. The largest absolute Gasteiger partial charge is 0.434 e. The van der Waals surface area contributed by atoms with E-state index in [-0.39, 0.29) is 5.97 Å². The van der Waals surface area contributed by atoms with Crippen LogP contribution >= 0.6 is 0 Å². The molecule has 0 spiro atoms. The van der Waals surface area contributed by atoms with E-state index in [2.05, 4.69) is 0 Å². The van der Waals surface area contributed by atoms with Gasteiger partial charge >= 0.3 is 5.97 Å². The molecule has 0 rings (SSSR count). The van der Waals surface area contributed by atoms with Crippen molar-refractivity contribution in [3.8, 4) is 0 Å². The Bertz CT molecular complexity index is 140. The average Bonchev–Trinajstić information content (AvgIpc) is 1.80. The lowest BCUT2D eigenvalue weighted by Gasteiger charge is -2.13. The molecule has 0 bridgehead atoms. The Kier molecular flexibility index (Phi) is 3.13. The van der Waals surface area contributed by atoms with Crippen molar-refractivity contribution in [2.45, 2.75) is 27.7 Å². The lowest BCUT2D eigenvalue weighted by Crippen LogP contribution is -2.20. The Morgan fingerprint density at radius 3 is 2.20 bits per heavy atom. The van der Waals surface area contributed by atoms with E-state index in [9.17, 15) is 4.79 Å². The van der Waals surface area contributed by atoms with Crippen LogP contribution in [0.25, 0.3) is 0 Å². The minimum Gasteiger partial charge on any atom is -0.434 e. The minimum absolute atomic E-state index is 0.203. The summed E-state index contributed by atoms with van der Waals surface area (Å²) in [7, 11) is 0. The van der Waals surface area contributed by atoms with Gasteiger partial charge in [-0.3, -0.25) is 4.79 Å². The third-order valence-corrected chi connectivity index (χ3v) is 0.924. The van der Waals surface area contributed by atoms with Crippen LogP contribution in [-0.4, -0.2) is 5.97 Å². The molecule has 0 radical (unpaired) electrons. The molecule has 2 heteroatoms. The SMILES string of the molecule is C/C=C\OC(=O)C(C)(C)C. The molecule has 0 atom stereocenters. The Morgan fingerprint density at radius 2 is 1.90 bits per heavy atom. The number of carbonyl (C=O) groups is 1. The lowest BCUT2D eigenvalue weighted by atomic mass is 9.98. The van der Waals surface area contributed by atoms with Crippen molar-refractivity contribution in [3.63, 3.8) is 0 Å². The van der Waals surface area contributed by atoms with E-state index in [0.29, 0.717) is 0 Å². The van der Waals surface area contributed by atoms with Crippen molar-refractivity contribution in [1.29, 1.82) is 0 Å². The van der Waals surface area contributed by atoms with Gasteiger partial charge in [-0.05, 0) is 27.7 Å². The predicted molar refractivity (Wildman–Crippen MR) is 40.4 cm³/mol. The summed E-state index contributed by atoms with van der Waals surface area (Å²) >= 11 is 0. The summed E-state index contributed by atoms with van der Waals surface area (Å²) < 4.78 is 4.74. The molecule has 2 nitrogen and oxygen atoms in total. The molecular formula is C8H14O2. The first-order valence-electron chi connectivity index (χ1n) is 3.30. The number of hydrogen-bond acceptors (Lipinski definition) is 2. The smallest absolute Gasteiger partial charge is 0.316 e. The maximum Gasteiger partial charge on any atom is 0.316 e. The fourth-order valence-electron chi connectivity index (χ4n) is 0.307. The van der Waals surface area contributed by atoms with Crippen LogP contribution in [0.2, 0.25) is 0 Å². The van der Waals surface area contributed by atoms with E-state index in [1.807, 2.05) is 20.8 Å². The monoisotopic (exact) mass is 142 g/mol. The molecule has 0 aromatic rings. The first-order chi connectivity index (χ1) is 4.48. The molecule has 0 aliphatic carbocycles. The number of carbonyl (C=O) groups excluding carboxylic acids is 1. The fourth-order valence-corrected chi connectivity index (χ4v) is 0.307. The van der Waals surface area contributed by atoms with Gasteiger partial charge in [0, 0.05) is 0 Å². The Labute approximate surface area is 61.9 Å². The number of allylic oxidation sites excluding steroid dienone is 1. The van der Waals surface area contributed by atoms with Crippen molar-refractivity contribution < 1.29 is 9.53 Å². The summed E-state index contributed by atoms with van der Waals surface area (Å²) in [5.41, 5.74) is -0.403. The Balaban J connectivity index is 3.86. The topological polar surface area (TPSA) is 26.3 Å². The highest BCUT2D eigenvalue weighted by atomic mass is 16.5. The Hall–Kier alpha value is -0.790. The zero-order valence-electron chi connectivity index (χ0n) is 6.97. The van der Waals surface area contributed by atoms with Gasteiger partial charge in [-0.15, -0.1) is 0 Å². The van der Waals surface area contributed by atoms with Gasteiger partial charge in [0.1, 0.15) is 0 Å². The molecule has 0 aromatic heterocycles.